The molecule has 0 aliphatic carbocycles. The molecule has 0 aliphatic heterocycles. The van der Waals surface area contributed by atoms with Crippen LogP contribution in [-0.4, -0.2) is 25.1 Å². The van der Waals surface area contributed by atoms with Crippen molar-refractivity contribution in [3.05, 3.63) is 29.6 Å². The molecule has 0 N–H and O–H groups in total. The highest BCUT2D eigenvalue weighted by Gasteiger charge is 2.37. The lowest BCUT2D eigenvalue weighted by Gasteiger charge is -2.30. The zero-order valence-electron chi connectivity index (χ0n) is 12.0. The summed E-state index contributed by atoms with van der Waals surface area (Å²) >= 11 is 0. The first-order chi connectivity index (χ1) is 9.04. The zero-order valence-corrected chi connectivity index (χ0v) is 12.0. The second kappa shape index (κ2) is 6.66. The van der Waals surface area contributed by atoms with Crippen LogP contribution in [0.3, 0.4) is 0 Å². The van der Waals surface area contributed by atoms with E-state index in [0.717, 1.165) is 0 Å². The van der Waals surface area contributed by atoms with Crippen molar-refractivity contribution in [1.29, 1.82) is 0 Å². The Kier molecular flexibility index (Phi) is 5.48. The van der Waals surface area contributed by atoms with Gasteiger partial charge in [-0.2, -0.15) is 0 Å². The van der Waals surface area contributed by atoms with Gasteiger partial charge in [-0.3, -0.25) is 4.79 Å². The fraction of sp³-hybridized carbons (Fsp3) is 0.533. The summed E-state index contributed by atoms with van der Waals surface area (Å²) in [6, 6.07) is 4.25. The van der Waals surface area contributed by atoms with E-state index in [-0.39, 0.29) is 11.3 Å². The van der Waals surface area contributed by atoms with Crippen LogP contribution >= 0.6 is 0 Å². The molecular formula is C15H21FO3. The second-order valence-electron chi connectivity index (χ2n) is 4.31. The van der Waals surface area contributed by atoms with Gasteiger partial charge in [0.05, 0.1) is 12.7 Å². The molecule has 0 fully saturated rings. The number of ether oxygens (including phenoxy) is 2. The topological polar surface area (TPSA) is 35.5 Å². The summed E-state index contributed by atoms with van der Waals surface area (Å²) in [4.78, 5) is 12.5. The van der Waals surface area contributed by atoms with Gasteiger partial charge in [0.15, 0.2) is 5.78 Å². The third-order valence-corrected chi connectivity index (χ3v) is 3.40. The highest BCUT2D eigenvalue weighted by molar-refractivity contribution is 6.02. The van der Waals surface area contributed by atoms with Crippen LogP contribution in [0.1, 0.15) is 44.0 Å². The van der Waals surface area contributed by atoms with Gasteiger partial charge in [-0.05, 0) is 31.9 Å². The fourth-order valence-corrected chi connectivity index (χ4v) is 2.17. The minimum absolute atomic E-state index is 0.0537. The molecule has 1 aromatic carbocycles. The maximum Gasteiger partial charge on any atom is 0.197 e. The number of rotatable bonds is 7. The molecule has 0 amide bonds. The number of carbonyl (C=O) groups excluding carboxylic acids is 1. The molecule has 0 bridgehead atoms. The fourth-order valence-electron chi connectivity index (χ4n) is 2.17. The Labute approximate surface area is 113 Å². The summed E-state index contributed by atoms with van der Waals surface area (Å²) in [5, 5.41) is 0. The van der Waals surface area contributed by atoms with Crippen molar-refractivity contribution in [2.24, 2.45) is 0 Å². The first-order valence-corrected chi connectivity index (χ1v) is 6.56. The van der Waals surface area contributed by atoms with Gasteiger partial charge in [-0.15, -0.1) is 0 Å². The summed E-state index contributed by atoms with van der Waals surface area (Å²) in [5.74, 6) is -0.487. The Morgan fingerprint density at radius 2 is 1.89 bits per heavy atom. The lowest BCUT2D eigenvalue weighted by atomic mass is 9.87. The smallest absolute Gasteiger partial charge is 0.197 e. The molecule has 0 heterocycles. The number of Topliss-reactive ketones (excluding diaryl/α,β-unsaturated/α-hetero) is 1. The van der Waals surface area contributed by atoms with Crippen LogP contribution in [0, 0.1) is 5.82 Å². The summed E-state index contributed by atoms with van der Waals surface area (Å²) in [7, 11) is 1.46. The van der Waals surface area contributed by atoms with Crippen LogP contribution in [0.5, 0.6) is 5.75 Å². The molecule has 3 nitrogen and oxygen atoms in total. The summed E-state index contributed by atoms with van der Waals surface area (Å²) in [6.07, 6.45) is 1.03. The van der Waals surface area contributed by atoms with Gasteiger partial charge >= 0.3 is 0 Å². The zero-order chi connectivity index (χ0) is 14.5. The molecule has 0 saturated carbocycles. The molecule has 1 rings (SSSR count). The van der Waals surface area contributed by atoms with E-state index in [1.807, 2.05) is 20.8 Å². The van der Waals surface area contributed by atoms with Gasteiger partial charge in [0.2, 0.25) is 0 Å². The van der Waals surface area contributed by atoms with E-state index in [4.69, 9.17) is 9.47 Å². The SMILES string of the molecule is CCOC(CC)(CC)C(=O)c1ccc(OC)cc1F. The largest absolute Gasteiger partial charge is 0.497 e. The average Bonchev–Trinajstić information content (AvgIpc) is 2.44. The van der Waals surface area contributed by atoms with E-state index < -0.39 is 11.4 Å². The predicted molar refractivity (Wildman–Crippen MR) is 72.2 cm³/mol. The van der Waals surface area contributed by atoms with Gasteiger partial charge < -0.3 is 9.47 Å². The summed E-state index contributed by atoms with van der Waals surface area (Å²) in [5.41, 5.74) is -0.887. The van der Waals surface area contributed by atoms with E-state index >= 15 is 0 Å². The minimum atomic E-state index is -0.940. The van der Waals surface area contributed by atoms with Gasteiger partial charge in [0, 0.05) is 12.7 Å². The maximum absolute atomic E-state index is 14.0. The third-order valence-electron chi connectivity index (χ3n) is 3.40. The van der Waals surface area contributed by atoms with E-state index in [1.165, 1.54) is 19.2 Å². The number of hydrogen-bond acceptors (Lipinski definition) is 3. The van der Waals surface area contributed by atoms with Crippen molar-refractivity contribution in [1.82, 2.24) is 0 Å². The average molecular weight is 268 g/mol. The molecule has 0 unspecified atom stereocenters. The molecule has 0 aromatic heterocycles. The number of ketones is 1. The van der Waals surface area contributed by atoms with Crippen LogP contribution in [0.4, 0.5) is 4.39 Å². The molecule has 106 valence electrons. The van der Waals surface area contributed by atoms with Gasteiger partial charge in [0.1, 0.15) is 17.2 Å². The van der Waals surface area contributed by atoms with Crippen molar-refractivity contribution in [3.8, 4) is 5.75 Å². The van der Waals surface area contributed by atoms with Crippen molar-refractivity contribution >= 4 is 5.78 Å². The monoisotopic (exact) mass is 268 g/mol. The Morgan fingerprint density at radius 1 is 1.26 bits per heavy atom. The molecule has 0 saturated heterocycles. The Morgan fingerprint density at radius 3 is 2.32 bits per heavy atom. The molecule has 4 heteroatoms. The van der Waals surface area contributed by atoms with Crippen LogP contribution in [0.15, 0.2) is 18.2 Å². The Bertz CT molecular complexity index is 439. The molecule has 19 heavy (non-hydrogen) atoms. The third kappa shape index (κ3) is 3.13. The highest BCUT2D eigenvalue weighted by atomic mass is 19.1. The highest BCUT2D eigenvalue weighted by Crippen LogP contribution is 2.28. The van der Waals surface area contributed by atoms with Crippen molar-refractivity contribution in [2.45, 2.75) is 39.2 Å². The minimum Gasteiger partial charge on any atom is -0.497 e. The van der Waals surface area contributed by atoms with E-state index in [2.05, 4.69) is 0 Å². The van der Waals surface area contributed by atoms with E-state index in [0.29, 0.717) is 25.2 Å². The molecule has 1 aromatic rings. The number of hydrogen-bond donors (Lipinski definition) is 0. The number of benzene rings is 1. The molecule has 0 radical (unpaired) electrons. The maximum atomic E-state index is 14.0. The number of carbonyl (C=O) groups is 1. The van der Waals surface area contributed by atoms with Crippen LogP contribution in [0.2, 0.25) is 0 Å². The van der Waals surface area contributed by atoms with Gasteiger partial charge in [-0.1, -0.05) is 13.8 Å². The van der Waals surface area contributed by atoms with E-state index in [9.17, 15) is 9.18 Å². The van der Waals surface area contributed by atoms with Gasteiger partial charge in [-0.25, -0.2) is 4.39 Å². The lowest BCUT2D eigenvalue weighted by Crippen LogP contribution is -2.41. The molecule has 0 aliphatic rings. The predicted octanol–water partition coefficient (Wildman–Crippen LogP) is 3.61. The van der Waals surface area contributed by atoms with Crippen LogP contribution in [-0.2, 0) is 4.74 Å². The normalized spacial score (nSPS) is 11.4. The van der Waals surface area contributed by atoms with Crippen molar-refractivity contribution < 1.29 is 18.7 Å². The first kappa shape index (κ1) is 15.6. The van der Waals surface area contributed by atoms with Crippen molar-refractivity contribution in [2.75, 3.05) is 13.7 Å². The van der Waals surface area contributed by atoms with Crippen molar-refractivity contribution in [3.63, 3.8) is 0 Å². The number of methoxy groups -OCH3 is 1. The quantitative estimate of drug-likeness (QED) is 0.709. The lowest BCUT2D eigenvalue weighted by molar-refractivity contribution is -0.0253. The number of halogens is 1. The van der Waals surface area contributed by atoms with Crippen LogP contribution in [0.25, 0.3) is 0 Å². The second-order valence-corrected chi connectivity index (χ2v) is 4.31. The molecular weight excluding hydrogens is 247 g/mol. The van der Waals surface area contributed by atoms with Crippen LogP contribution < -0.4 is 4.74 Å². The standard InChI is InChI=1S/C15H21FO3/c1-5-15(6-2,19-7-3)14(17)12-9-8-11(18-4)10-13(12)16/h8-10H,5-7H2,1-4H3. The molecule has 0 spiro atoms. The Balaban J connectivity index is 3.16. The summed E-state index contributed by atoms with van der Waals surface area (Å²) < 4.78 is 24.5. The first-order valence-electron chi connectivity index (χ1n) is 6.56. The Hall–Kier alpha value is -1.42. The van der Waals surface area contributed by atoms with E-state index in [1.54, 1.807) is 6.07 Å². The van der Waals surface area contributed by atoms with Gasteiger partial charge in [0.25, 0.3) is 0 Å². The summed E-state index contributed by atoms with van der Waals surface area (Å²) in [6.45, 7) is 6.00. The molecule has 0 atom stereocenters.